The van der Waals surface area contributed by atoms with Gasteiger partial charge in [-0.05, 0) is 12.6 Å². The molecule has 1 rings (SSSR count). The van der Waals surface area contributed by atoms with E-state index in [1.54, 1.807) is 25.1 Å². The van der Waals surface area contributed by atoms with Gasteiger partial charge in [0.1, 0.15) is 0 Å². The Morgan fingerprint density at radius 1 is 1.53 bits per heavy atom. The first kappa shape index (κ1) is 17.7. The van der Waals surface area contributed by atoms with E-state index in [4.69, 9.17) is 10.00 Å². The summed E-state index contributed by atoms with van der Waals surface area (Å²) in [6, 6.07) is 7.09. The van der Waals surface area contributed by atoms with Gasteiger partial charge < -0.3 is 4.74 Å². The summed E-state index contributed by atoms with van der Waals surface area (Å²) in [6.07, 6.45) is 1.27. The van der Waals surface area contributed by atoms with Gasteiger partial charge in [-0.1, -0.05) is 0 Å². The monoisotopic (exact) mass is 331 g/mol. The zero-order valence-electron chi connectivity index (χ0n) is 10.8. The molecule has 0 aliphatic rings. The second-order valence-corrected chi connectivity index (χ2v) is 3.59. The normalized spacial score (nSPS) is 11.4. The van der Waals surface area contributed by atoms with Crippen LogP contribution in [0.2, 0.25) is 0 Å². The predicted octanol–water partition coefficient (Wildman–Crippen LogP) is 2.45. The molecule has 0 amide bonds. The summed E-state index contributed by atoms with van der Waals surface area (Å²) in [4.78, 5) is 15.4. The number of benzene rings is 1. The summed E-state index contributed by atoms with van der Waals surface area (Å²) >= 11 is 0. The summed E-state index contributed by atoms with van der Waals surface area (Å²) < 4.78 is 4.75. The van der Waals surface area contributed by atoms with Crippen LogP contribution in [0.4, 0.5) is 5.69 Å². The Hall–Kier alpha value is -1.31. The molecule has 0 saturated heterocycles. The van der Waals surface area contributed by atoms with Gasteiger partial charge in [-0.25, -0.2) is 6.07 Å². The second kappa shape index (κ2) is 8.74. The fourth-order valence-corrected chi connectivity index (χ4v) is 1.23. The van der Waals surface area contributed by atoms with Crippen molar-refractivity contribution in [3.63, 3.8) is 0 Å². The smallest absolute Gasteiger partial charge is 0.328 e. The number of aliphatic imine (C=N–C) groups is 1. The molecule has 0 N–H and O–H groups in total. The number of carbonyl (C=O) groups is 1. The number of ether oxygens (including phenoxy) is 1. The standard InChI is InChI=1S/C14H14N2O2.Y/c1-4-18-14(17)12(8-15)9-16-13-6-5-10(2)11(3)7-13;/h5-7,9,12H,2-4H2,1H3;/q-2;. The maximum atomic E-state index is 11.4. The maximum absolute atomic E-state index is 11.4. The number of hydrogen-bond acceptors (Lipinski definition) is 4. The van der Waals surface area contributed by atoms with Crippen molar-refractivity contribution >= 4 is 17.9 Å². The fraction of sp³-hybridized carbons (Fsp3) is 0.214. The number of rotatable bonds is 4. The molecule has 0 saturated carbocycles. The van der Waals surface area contributed by atoms with E-state index in [-0.39, 0.29) is 39.3 Å². The Morgan fingerprint density at radius 3 is 2.74 bits per heavy atom. The van der Waals surface area contributed by atoms with E-state index in [0.717, 1.165) is 11.1 Å². The van der Waals surface area contributed by atoms with Gasteiger partial charge in [0, 0.05) is 38.9 Å². The van der Waals surface area contributed by atoms with Crippen LogP contribution in [0.1, 0.15) is 18.1 Å². The summed E-state index contributed by atoms with van der Waals surface area (Å²) in [5.74, 6) is -1.58. The zero-order chi connectivity index (χ0) is 13.5. The van der Waals surface area contributed by atoms with Gasteiger partial charge in [0.15, 0.2) is 5.92 Å². The van der Waals surface area contributed by atoms with E-state index in [2.05, 4.69) is 18.8 Å². The predicted molar refractivity (Wildman–Crippen MR) is 69.2 cm³/mol. The van der Waals surface area contributed by atoms with Crippen LogP contribution in [0.25, 0.3) is 0 Å². The molecule has 0 fully saturated rings. The second-order valence-electron chi connectivity index (χ2n) is 3.59. The van der Waals surface area contributed by atoms with Crippen molar-refractivity contribution in [1.82, 2.24) is 0 Å². The number of hydrogen-bond donors (Lipinski definition) is 0. The van der Waals surface area contributed by atoms with E-state index in [9.17, 15) is 4.79 Å². The van der Waals surface area contributed by atoms with E-state index in [1.807, 2.05) is 6.07 Å². The average Bonchev–Trinajstić information content (AvgIpc) is 2.34. The van der Waals surface area contributed by atoms with E-state index in [0.29, 0.717) is 5.69 Å². The van der Waals surface area contributed by atoms with Crippen molar-refractivity contribution in [3.8, 4) is 6.07 Å². The van der Waals surface area contributed by atoms with E-state index < -0.39 is 11.9 Å². The summed E-state index contributed by atoms with van der Waals surface area (Å²) in [6.45, 7) is 9.51. The molecule has 19 heavy (non-hydrogen) atoms. The summed E-state index contributed by atoms with van der Waals surface area (Å²) in [5.41, 5.74) is 2.20. The minimum absolute atomic E-state index is 0. The van der Waals surface area contributed by atoms with Crippen LogP contribution in [0, 0.1) is 31.1 Å². The third kappa shape index (κ3) is 5.46. The van der Waals surface area contributed by atoms with Gasteiger partial charge in [0.05, 0.1) is 12.7 Å². The maximum Gasteiger partial charge on any atom is 0.328 e. The molecule has 0 bridgehead atoms. The van der Waals surface area contributed by atoms with Crippen LogP contribution >= 0.6 is 0 Å². The average molecular weight is 331 g/mol. The number of nitrogens with zero attached hydrogens (tertiary/aromatic N) is 2. The molecule has 1 aromatic rings. The van der Waals surface area contributed by atoms with Crippen LogP contribution < -0.4 is 0 Å². The Labute approximate surface area is 138 Å². The molecule has 1 radical (unpaired) electrons. The third-order valence-corrected chi connectivity index (χ3v) is 2.24. The summed E-state index contributed by atoms with van der Waals surface area (Å²) in [7, 11) is 0. The first-order valence-corrected chi connectivity index (χ1v) is 5.47. The molecule has 0 heterocycles. The first-order valence-electron chi connectivity index (χ1n) is 5.47. The van der Waals surface area contributed by atoms with Crippen molar-refractivity contribution in [2.24, 2.45) is 10.9 Å². The van der Waals surface area contributed by atoms with Crippen LogP contribution in [0.15, 0.2) is 23.2 Å². The molecule has 1 atom stereocenters. The van der Waals surface area contributed by atoms with Crippen LogP contribution in [0.5, 0.6) is 0 Å². The van der Waals surface area contributed by atoms with Gasteiger partial charge in [-0.15, -0.1) is 6.07 Å². The van der Waals surface area contributed by atoms with Crippen LogP contribution in [-0.2, 0) is 42.2 Å². The van der Waals surface area contributed by atoms with Gasteiger partial charge in [0.25, 0.3) is 0 Å². The SMILES string of the molecule is [CH2-]c1ccc(N=CC(C#N)C(=O)OCC)cc1[CH2-].[Y]. The largest absolute Gasteiger partial charge is 0.465 e. The molecule has 1 aromatic carbocycles. The summed E-state index contributed by atoms with van der Waals surface area (Å²) in [5, 5.41) is 8.84. The zero-order valence-corrected chi connectivity index (χ0v) is 13.6. The van der Waals surface area contributed by atoms with Gasteiger partial charge in [0.2, 0.25) is 0 Å². The van der Waals surface area contributed by atoms with Crippen molar-refractivity contribution in [1.29, 1.82) is 5.26 Å². The fourth-order valence-electron chi connectivity index (χ4n) is 1.23. The Bertz CT molecular complexity index is 507. The van der Waals surface area contributed by atoms with E-state index >= 15 is 0 Å². The molecule has 0 spiro atoms. The van der Waals surface area contributed by atoms with Crippen LogP contribution in [0.3, 0.4) is 0 Å². The van der Waals surface area contributed by atoms with Crippen LogP contribution in [-0.4, -0.2) is 18.8 Å². The number of nitriles is 1. The molecular formula is C14H14N2O2Y-2. The first-order chi connectivity index (χ1) is 8.58. The van der Waals surface area contributed by atoms with Crippen molar-refractivity contribution in [2.45, 2.75) is 6.92 Å². The van der Waals surface area contributed by atoms with Gasteiger partial charge in [-0.3, -0.25) is 34.8 Å². The molecule has 97 valence electrons. The topological polar surface area (TPSA) is 62.5 Å². The van der Waals surface area contributed by atoms with E-state index in [1.165, 1.54) is 6.21 Å². The molecule has 4 nitrogen and oxygen atoms in total. The Kier molecular flexibility index (Phi) is 8.14. The number of carbonyl (C=O) groups excluding carboxylic acids is 1. The quantitative estimate of drug-likeness (QED) is 0.484. The Morgan fingerprint density at radius 2 is 2.21 bits per heavy atom. The molecular weight excluding hydrogens is 317 g/mol. The van der Waals surface area contributed by atoms with Gasteiger partial charge in [-0.2, -0.15) is 11.3 Å². The van der Waals surface area contributed by atoms with Crippen molar-refractivity contribution in [3.05, 3.63) is 43.2 Å². The van der Waals surface area contributed by atoms with Gasteiger partial charge >= 0.3 is 5.97 Å². The van der Waals surface area contributed by atoms with Crippen molar-refractivity contribution in [2.75, 3.05) is 6.61 Å². The molecule has 0 aliphatic carbocycles. The number of esters is 1. The minimum atomic E-state index is -0.988. The molecule has 5 heteroatoms. The third-order valence-electron chi connectivity index (χ3n) is 2.24. The molecule has 0 aliphatic heterocycles. The molecule has 0 aromatic heterocycles. The molecule has 1 unspecified atom stereocenters. The Balaban J connectivity index is 0.00000324. The minimum Gasteiger partial charge on any atom is -0.465 e. The van der Waals surface area contributed by atoms with Crippen molar-refractivity contribution < 1.29 is 42.2 Å².